The summed E-state index contributed by atoms with van der Waals surface area (Å²) < 4.78 is 5.76. The fraction of sp³-hybridized carbons (Fsp3) is 0.571. The Hall–Kier alpha value is -2.32. The fourth-order valence-corrected chi connectivity index (χ4v) is 7.10. The number of hydrogen-bond donors (Lipinski definition) is 4. The van der Waals surface area contributed by atoms with Crippen LogP contribution in [0.1, 0.15) is 32.8 Å². The molecule has 2 heterocycles. The van der Waals surface area contributed by atoms with Gasteiger partial charge in [-0.3, -0.25) is 9.59 Å². The average Bonchev–Trinajstić information content (AvgIpc) is 3.59. The van der Waals surface area contributed by atoms with Crippen molar-refractivity contribution in [1.82, 2.24) is 5.32 Å². The predicted octanol–water partition coefficient (Wildman–Crippen LogP) is 1.56. The van der Waals surface area contributed by atoms with Crippen LogP contribution in [0.5, 0.6) is 0 Å². The van der Waals surface area contributed by atoms with Crippen LogP contribution >= 0.6 is 0 Å². The Morgan fingerprint density at radius 2 is 1.86 bits per heavy atom. The third-order valence-electron chi connectivity index (χ3n) is 9.05. The highest BCUT2D eigenvalue weighted by Crippen LogP contribution is 2.60. The molecule has 4 N–H and O–H groups in total. The van der Waals surface area contributed by atoms with Crippen LogP contribution in [-0.4, -0.2) is 63.1 Å². The highest BCUT2D eigenvalue weighted by molar-refractivity contribution is 5.91. The number of ether oxygens (including phenoxy) is 1. The molecule has 1 aromatic rings. The van der Waals surface area contributed by atoms with E-state index in [1.165, 1.54) is 6.92 Å². The summed E-state index contributed by atoms with van der Waals surface area (Å²) in [4.78, 5) is 26.9. The van der Waals surface area contributed by atoms with E-state index < -0.39 is 47.3 Å². The molecular formula is C28H35NO6. The van der Waals surface area contributed by atoms with Gasteiger partial charge in [-0.05, 0) is 36.8 Å². The monoisotopic (exact) mass is 481 g/mol. The van der Waals surface area contributed by atoms with Crippen LogP contribution in [0.3, 0.4) is 0 Å². The molecule has 3 fully saturated rings. The number of nitrogens with one attached hydrogen (secondary N) is 1. The van der Waals surface area contributed by atoms with Crippen molar-refractivity contribution in [2.75, 3.05) is 0 Å². The van der Waals surface area contributed by atoms with E-state index in [1.54, 1.807) is 19.1 Å². The van der Waals surface area contributed by atoms with Gasteiger partial charge in [0, 0.05) is 23.8 Å². The Kier molecular flexibility index (Phi) is 5.83. The molecule has 5 rings (SSSR count). The number of allylic oxidation sites excluding steroid dienone is 1. The quantitative estimate of drug-likeness (QED) is 0.376. The van der Waals surface area contributed by atoms with Gasteiger partial charge in [-0.25, -0.2) is 0 Å². The van der Waals surface area contributed by atoms with Crippen LogP contribution in [0.4, 0.5) is 0 Å². The number of ketones is 1. The zero-order chi connectivity index (χ0) is 25.3. The zero-order valence-corrected chi connectivity index (χ0v) is 20.4. The number of rotatable bonds is 2. The standard InChI is InChI=1S/C28H35NO6/c1-14-9-8-12-18-21(30)16(3)15(2)20-19(13-17-10-6-5-7-11-17)29-26(33)28(18,20)24(32)22-25(35-22)27(4,34)23(14)31/h5-8,10-12,14-15,18-22,24-25,30,32,34H,3,9,13H2,1-2,4H3,(H,29,33). The summed E-state index contributed by atoms with van der Waals surface area (Å²) in [6.45, 7) is 9.28. The second-order valence-corrected chi connectivity index (χ2v) is 11.1. The smallest absolute Gasteiger partial charge is 0.230 e. The van der Waals surface area contributed by atoms with Gasteiger partial charge in [-0.15, -0.1) is 0 Å². The number of carbonyl (C=O) groups is 2. The maximum Gasteiger partial charge on any atom is 0.230 e. The van der Waals surface area contributed by atoms with Crippen LogP contribution in [-0.2, 0) is 20.7 Å². The van der Waals surface area contributed by atoms with Crippen molar-refractivity contribution in [1.29, 1.82) is 0 Å². The first-order valence-corrected chi connectivity index (χ1v) is 12.5. The molecule has 2 aliphatic heterocycles. The van der Waals surface area contributed by atoms with Crippen molar-refractivity contribution in [3.05, 3.63) is 60.2 Å². The zero-order valence-electron chi connectivity index (χ0n) is 20.4. The first kappa shape index (κ1) is 24.4. The molecule has 1 amide bonds. The van der Waals surface area contributed by atoms with E-state index in [-0.39, 0.29) is 29.6 Å². The van der Waals surface area contributed by atoms with E-state index in [0.717, 1.165) is 5.56 Å². The molecule has 11 atom stereocenters. The summed E-state index contributed by atoms with van der Waals surface area (Å²) in [5.74, 6) is -2.57. The van der Waals surface area contributed by atoms with E-state index in [9.17, 15) is 24.9 Å². The molecule has 4 aliphatic rings. The minimum Gasteiger partial charge on any atom is -0.389 e. The Bertz CT molecular complexity index is 1070. The van der Waals surface area contributed by atoms with Gasteiger partial charge in [-0.2, -0.15) is 0 Å². The number of epoxide rings is 1. The van der Waals surface area contributed by atoms with Crippen molar-refractivity contribution in [3.8, 4) is 0 Å². The lowest BCUT2D eigenvalue weighted by Gasteiger charge is -2.52. The van der Waals surface area contributed by atoms with Gasteiger partial charge < -0.3 is 25.4 Å². The van der Waals surface area contributed by atoms with Crippen molar-refractivity contribution in [2.45, 2.75) is 69.7 Å². The Morgan fingerprint density at radius 3 is 2.54 bits per heavy atom. The Balaban J connectivity index is 1.64. The van der Waals surface area contributed by atoms with Gasteiger partial charge in [0.1, 0.15) is 17.8 Å². The molecule has 188 valence electrons. The van der Waals surface area contributed by atoms with Crippen LogP contribution in [0.25, 0.3) is 0 Å². The molecule has 2 aliphatic carbocycles. The fourth-order valence-electron chi connectivity index (χ4n) is 7.10. The highest BCUT2D eigenvalue weighted by atomic mass is 16.6. The Morgan fingerprint density at radius 1 is 1.17 bits per heavy atom. The van der Waals surface area contributed by atoms with Crippen molar-refractivity contribution >= 4 is 11.7 Å². The van der Waals surface area contributed by atoms with Gasteiger partial charge in [0.25, 0.3) is 0 Å². The largest absolute Gasteiger partial charge is 0.389 e. The van der Waals surface area contributed by atoms with Crippen LogP contribution in [0.2, 0.25) is 0 Å². The number of fused-ring (bicyclic) bond motifs is 1. The molecule has 1 spiro atoms. The lowest BCUT2D eigenvalue weighted by molar-refractivity contribution is -0.154. The summed E-state index contributed by atoms with van der Waals surface area (Å²) in [7, 11) is 0. The van der Waals surface area contributed by atoms with Gasteiger partial charge in [0.05, 0.1) is 17.6 Å². The third-order valence-corrected chi connectivity index (χ3v) is 9.05. The second-order valence-electron chi connectivity index (χ2n) is 11.1. The van der Waals surface area contributed by atoms with Crippen LogP contribution in [0.15, 0.2) is 54.6 Å². The summed E-state index contributed by atoms with van der Waals surface area (Å²) in [5, 5.41) is 37.5. The lowest BCUT2D eigenvalue weighted by atomic mass is 9.51. The van der Waals surface area contributed by atoms with E-state index in [0.29, 0.717) is 18.4 Å². The molecule has 0 bridgehead atoms. The third kappa shape index (κ3) is 3.47. The van der Waals surface area contributed by atoms with Gasteiger partial charge >= 0.3 is 0 Å². The van der Waals surface area contributed by atoms with Gasteiger partial charge in [0.15, 0.2) is 5.78 Å². The number of hydrogen-bond acceptors (Lipinski definition) is 6. The minimum atomic E-state index is -1.79. The minimum absolute atomic E-state index is 0.264. The number of benzene rings is 1. The number of carbonyl (C=O) groups excluding carboxylic acids is 2. The van der Waals surface area contributed by atoms with E-state index >= 15 is 0 Å². The van der Waals surface area contributed by atoms with Crippen molar-refractivity contribution in [2.24, 2.45) is 29.1 Å². The molecular weight excluding hydrogens is 446 g/mol. The molecule has 2 saturated heterocycles. The van der Waals surface area contributed by atoms with E-state index in [4.69, 9.17) is 4.74 Å². The predicted molar refractivity (Wildman–Crippen MR) is 129 cm³/mol. The SMILES string of the molecule is C=C1C(C)C2C(Cc3ccccc3)NC(=O)C23C(O)C2OC2C(C)(O)C(=O)C(C)CC=CC3C1O. The summed E-state index contributed by atoms with van der Waals surface area (Å²) in [6.07, 6.45) is 0.273. The van der Waals surface area contributed by atoms with Gasteiger partial charge in [0.2, 0.25) is 5.91 Å². The average molecular weight is 482 g/mol. The molecule has 7 nitrogen and oxygen atoms in total. The Labute approximate surface area is 205 Å². The molecule has 1 aromatic carbocycles. The highest BCUT2D eigenvalue weighted by Gasteiger charge is 2.73. The topological polar surface area (TPSA) is 119 Å². The van der Waals surface area contributed by atoms with Crippen LogP contribution in [0, 0.1) is 29.1 Å². The first-order chi connectivity index (χ1) is 16.5. The summed E-state index contributed by atoms with van der Waals surface area (Å²) in [6, 6.07) is 9.55. The molecule has 7 heteroatoms. The molecule has 35 heavy (non-hydrogen) atoms. The maximum atomic E-state index is 13.9. The first-order valence-electron chi connectivity index (χ1n) is 12.5. The summed E-state index contributed by atoms with van der Waals surface area (Å²) in [5.41, 5.74) is -1.50. The molecule has 0 radical (unpaired) electrons. The molecule has 11 unspecified atom stereocenters. The number of aliphatic hydroxyl groups is 3. The van der Waals surface area contributed by atoms with Gasteiger partial charge in [-0.1, -0.05) is 62.9 Å². The number of aliphatic hydroxyl groups excluding tert-OH is 2. The van der Waals surface area contributed by atoms with E-state index in [2.05, 4.69) is 11.9 Å². The molecule has 1 saturated carbocycles. The molecule has 0 aromatic heterocycles. The van der Waals surface area contributed by atoms with Crippen molar-refractivity contribution < 1.29 is 29.6 Å². The number of amides is 1. The maximum absolute atomic E-state index is 13.9. The van der Waals surface area contributed by atoms with Crippen LogP contribution < -0.4 is 5.32 Å². The van der Waals surface area contributed by atoms with E-state index in [1.807, 2.05) is 37.3 Å². The summed E-state index contributed by atoms with van der Waals surface area (Å²) >= 11 is 0. The number of Topliss-reactive ketones (excluding diaryl/α,β-unsaturated/α-hetero) is 1. The second kappa shape index (κ2) is 8.37. The normalized spacial score (nSPS) is 47.3. The lowest BCUT2D eigenvalue weighted by Crippen LogP contribution is -2.61. The van der Waals surface area contributed by atoms with Crippen molar-refractivity contribution in [3.63, 3.8) is 0 Å².